The van der Waals surface area contributed by atoms with Crippen LogP contribution in [0.15, 0.2) is 78.9 Å². The number of carbonyl (C=O) groups excluding carboxylic acids is 1. The molecule has 0 aliphatic carbocycles. The first-order chi connectivity index (χ1) is 13.7. The van der Waals surface area contributed by atoms with Crippen LogP contribution in [0, 0.1) is 0 Å². The van der Waals surface area contributed by atoms with Crippen LogP contribution < -0.4 is 11.1 Å². The maximum Gasteiger partial charge on any atom is 0.338 e. The Bertz CT molecular complexity index is 938. The highest BCUT2D eigenvalue weighted by atomic mass is 16.5. The zero-order valence-electron chi connectivity index (χ0n) is 15.7. The van der Waals surface area contributed by atoms with Crippen LogP contribution in [0.2, 0.25) is 0 Å². The Hall–Kier alpha value is -3.11. The number of benzene rings is 3. The maximum atomic E-state index is 12.7. The fourth-order valence-corrected chi connectivity index (χ4v) is 3.76. The Balaban J connectivity index is 1.48. The number of rotatable bonds is 4. The van der Waals surface area contributed by atoms with Gasteiger partial charge in [0.05, 0.1) is 5.56 Å². The standard InChI is InChI=1S/C24H24N2O2/c25-21-8-4-7-20(15-21)17-9-11-19(12-10-17)24(27)28-23-16-26-14-13-22(23)18-5-2-1-3-6-18/h1-12,15,22-23,26H,13-14,16,25H2/t22-,23+/m0/s1. The van der Waals surface area contributed by atoms with Gasteiger partial charge in [0, 0.05) is 18.2 Å². The van der Waals surface area contributed by atoms with Gasteiger partial charge in [-0.3, -0.25) is 0 Å². The lowest BCUT2D eigenvalue weighted by atomic mass is 9.88. The van der Waals surface area contributed by atoms with E-state index in [-0.39, 0.29) is 18.0 Å². The summed E-state index contributed by atoms with van der Waals surface area (Å²) in [4.78, 5) is 12.7. The average Bonchev–Trinajstić information content (AvgIpc) is 2.75. The third kappa shape index (κ3) is 4.07. The van der Waals surface area contributed by atoms with Gasteiger partial charge in [-0.15, -0.1) is 0 Å². The largest absolute Gasteiger partial charge is 0.457 e. The first kappa shape index (κ1) is 18.3. The second-order valence-corrected chi connectivity index (χ2v) is 7.16. The summed E-state index contributed by atoms with van der Waals surface area (Å²) in [6, 6.07) is 25.5. The van der Waals surface area contributed by atoms with Crippen LogP contribution in [-0.4, -0.2) is 25.2 Å². The highest BCUT2D eigenvalue weighted by molar-refractivity contribution is 5.90. The van der Waals surface area contributed by atoms with Crippen molar-refractivity contribution in [2.24, 2.45) is 0 Å². The summed E-state index contributed by atoms with van der Waals surface area (Å²) in [7, 11) is 0. The van der Waals surface area contributed by atoms with Crippen molar-refractivity contribution in [2.45, 2.75) is 18.4 Å². The lowest BCUT2D eigenvalue weighted by Crippen LogP contribution is -2.42. The van der Waals surface area contributed by atoms with Crippen LogP contribution in [0.3, 0.4) is 0 Å². The second kappa shape index (κ2) is 8.28. The first-order valence-corrected chi connectivity index (χ1v) is 9.63. The molecule has 0 radical (unpaired) electrons. The third-order valence-corrected chi connectivity index (χ3v) is 5.25. The summed E-state index contributed by atoms with van der Waals surface area (Å²) >= 11 is 0. The fraction of sp³-hybridized carbons (Fsp3) is 0.208. The molecule has 1 aliphatic rings. The van der Waals surface area contributed by atoms with Crippen molar-refractivity contribution in [2.75, 3.05) is 18.8 Å². The van der Waals surface area contributed by atoms with Crippen LogP contribution in [0.4, 0.5) is 5.69 Å². The van der Waals surface area contributed by atoms with E-state index in [9.17, 15) is 4.79 Å². The highest BCUT2D eigenvalue weighted by Gasteiger charge is 2.29. The summed E-state index contributed by atoms with van der Waals surface area (Å²) in [6.07, 6.45) is 0.785. The molecule has 142 valence electrons. The zero-order valence-corrected chi connectivity index (χ0v) is 15.7. The Kier molecular flexibility index (Phi) is 5.40. The Morgan fingerprint density at radius 3 is 2.46 bits per heavy atom. The molecule has 4 rings (SSSR count). The van der Waals surface area contributed by atoms with E-state index in [4.69, 9.17) is 10.5 Å². The van der Waals surface area contributed by atoms with Crippen molar-refractivity contribution in [3.63, 3.8) is 0 Å². The molecule has 4 heteroatoms. The van der Waals surface area contributed by atoms with Crippen molar-refractivity contribution in [1.29, 1.82) is 0 Å². The van der Waals surface area contributed by atoms with Crippen LogP contribution >= 0.6 is 0 Å². The maximum absolute atomic E-state index is 12.7. The predicted molar refractivity (Wildman–Crippen MR) is 112 cm³/mol. The van der Waals surface area contributed by atoms with Crippen molar-refractivity contribution in [3.05, 3.63) is 90.0 Å². The quantitative estimate of drug-likeness (QED) is 0.531. The molecule has 1 aliphatic heterocycles. The molecule has 3 aromatic rings. The molecule has 0 saturated carbocycles. The van der Waals surface area contributed by atoms with E-state index in [0.717, 1.165) is 29.8 Å². The molecule has 28 heavy (non-hydrogen) atoms. The van der Waals surface area contributed by atoms with E-state index in [0.29, 0.717) is 12.1 Å². The van der Waals surface area contributed by atoms with Gasteiger partial charge >= 0.3 is 5.97 Å². The number of hydrogen-bond acceptors (Lipinski definition) is 4. The van der Waals surface area contributed by atoms with E-state index >= 15 is 0 Å². The molecule has 1 saturated heterocycles. The van der Waals surface area contributed by atoms with Gasteiger partial charge < -0.3 is 15.8 Å². The molecule has 0 spiro atoms. The Labute approximate surface area is 165 Å². The van der Waals surface area contributed by atoms with Crippen LogP contribution in [0.5, 0.6) is 0 Å². The lowest BCUT2D eigenvalue weighted by Gasteiger charge is -2.32. The molecule has 4 nitrogen and oxygen atoms in total. The number of carbonyl (C=O) groups is 1. The van der Waals surface area contributed by atoms with Gasteiger partial charge in [0.25, 0.3) is 0 Å². The third-order valence-electron chi connectivity index (χ3n) is 5.25. The number of hydrogen-bond donors (Lipinski definition) is 2. The topological polar surface area (TPSA) is 64.4 Å². The number of nitrogens with two attached hydrogens (primary N) is 1. The molecule has 1 heterocycles. The molecule has 0 amide bonds. The van der Waals surface area contributed by atoms with Gasteiger partial charge in [0.2, 0.25) is 0 Å². The van der Waals surface area contributed by atoms with E-state index in [1.807, 2.05) is 66.7 Å². The Morgan fingerprint density at radius 1 is 0.929 bits per heavy atom. The number of nitrogen functional groups attached to an aromatic ring is 1. The van der Waals surface area contributed by atoms with Crippen molar-refractivity contribution in [3.8, 4) is 11.1 Å². The van der Waals surface area contributed by atoms with Gasteiger partial charge in [-0.2, -0.15) is 0 Å². The fourth-order valence-electron chi connectivity index (χ4n) is 3.76. The van der Waals surface area contributed by atoms with Crippen LogP contribution in [0.1, 0.15) is 28.3 Å². The number of piperidine rings is 1. The normalized spacial score (nSPS) is 19.1. The molecule has 1 fully saturated rings. The smallest absolute Gasteiger partial charge is 0.338 e. The monoisotopic (exact) mass is 372 g/mol. The van der Waals surface area contributed by atoms with E-state index in [1.165, 1.54) is 5.56 Å². The molecule has 2 atom stereocenters. The van der Waals surface area contributed by atoms with Gasteiger partial charge in [-0.1, -0.05) is 54.6 Å². The summed E-state index contributed by atoms with van der Waals surface area (Å²) in [5.74, 6) is -0.0632. The van der Waals surface area contributed by atoms with Crippen LogP contribution in [0.25, 0.3) is 11.1 Å². The van der Waals surface area contributed by atoms with Crippen molar-refractivity contribution in [1.82, 2.24) is 5.32 Å². The van der Waals surface area contributed by atoms with E-state index in [1.54, 1.807) is 0 Å². The van der Waals surface area contributed by atoms with Gasteiger partial charge in [-0.05, 0) is 53.9 Å². The second-order valence-electron chi connectivity index (χ2n) is 7.16. The molecule has 3 N–H and O–H groups in total. The number of nitrogens with one attached hydrogen (secondary N) is 1. The Morgan fingerprint density at radius 2 is 1.71 bits per heavy atom. The number of anilines is 1. The summed E-state index contributed by atoms with van der Waals surface area (Å²) in [5, 5.41) is 3.34. The van der Waals surface area contributed by atoms with Gasteiger partial charge in [0.1, 0.15) is 6.10 Å². The number of ether oxygens (including phenoxy) is 1. The molecule has 0 aromatic heterocycles. The molecule has 0 bridgehead atoms. The minimum absolute atomic E-state index is 0.169. The minimum Gasteiger partial charge on any atom is -0.457 e. The average molecular weight is 372 g/mol. The molecular formula is C24H24N2O2. The summed E-state index contributed by atoms with van der Waals surface area (Å²) in [6.45, 7) is 1.61. The van der Waals surface area contributed by atoms with Crippen molar-refractivity contribution < 1.29 is 9.53 Å². The molecular weight excluding hydrogens is 348 g/mol. The van der Waals surface area contributed by atoms with E-state index in [2.05, 4.69) is 17.4 Å². The lowest BCUT2D eigenvalue weighted by molar-refractivity contribution is 0.0182. The summed E-state index contributed by atoms with van der Waals surface area (Å²) in [5.41, 5.74) is 10.4. The zero-order chi connectivity index (χ0) is 19.3. The predicted octanol–water partition coefficient (Wildman–Crippen LogP) is 4.24. The van der Waals surface area contributed by atoms with Gasteiger partial charge in [-0.25, -0.2) is 4.79 Å². The molecule has 3 aromatic carbocycles. The van der Waals surface area contributed by atoms with E-state index < -0.39 is 0 Å². The number of esters is 1. The molecule has 0 unspecified atom stereocenters. The van der Waals surface area contributed by atoms with Crippen LogP contribution in [-0.2, 0) is 4.74 Å². The SMILES string of the molecule is Nc1cccc(-c2ccc(C(=O)O[C@@H]3CNCC[C@H]3c3ccccc3)cc2)c1. The van der Waals surface area contributed by atoms with Gasteiger partial charge in [0.15, 0.2) is 0 Å². The first-order valence-electron chi connectivity index (χ1n) is 9.63. The summed E-state index contributed by atoms with van der Waals surface area (Å²) < 4.78 is 5.89. The highest BCUT2D eigenvalue weighted by Crippen LogP contribution is 2.28. The van der Waals surface area contributed by atoms with Crippen molar-refractivity contribution >= 4 is 11.7 Å². The minimum atomic E-state index is -0.284.